The molecule has 1 unspecified atom stereocenters. The number of alkyl halides is 6. The Balaban J connectivity index is 2.87. The summed E-state index contributed by atoms with van der Waals surface area (Å²) >= 11 is 0. The third-order valence-corrected chi connectivity index (χ3v) is 2.44. The van der Waals surface area contributed by atoms with Crippen LogP contribution in [0.2, 0.25) is 0 Å². The number of hydrogen-bond donors (Lipinski definition) is 3. The Morgan fingerprint density at radius 3 is 1.75 bits per heavy atom. The zero-order valence-corrected chi connectivity index (χ0v) is 12.1. The van der Waals surface area contributed by atoms with Crippen molar-refractivity contribution in [2.24, 2.45) is 0 Å². The SMILES string of the molecule is OCC(O)CNc1cc(OCC(F)(F)F)cc(OCC(F)(F)F)c1. The first-order valence-corrected chi connectivity index (χ1v) is 6.55. The molecule has 5 nitrogen and oxygen atoms in total. The van der Waals surface area contributed by atoms with E-state index in [9.17, 15) is 31.4 Å². The number of aliphatic hydroxyl groups excluding tert-OH is 2. The van der Waals surface area contributed by atoms with Crippen LogP contribution >= 0.6 is 0 Å². The number of halogens is 6. The number of anilines is 1. The molecule has 0 fully saturated rings. The molecule has 0 aliphatic rings. The zero-order chi connectivity index (χ0) is 18.4. The van der Waals surface area contributed by atoms with Gasteiger partial charge in [-0.1, -0.05) is 0 Å². The summed E-state index contributed by atoms with van der Waals surface area (Å²) in [6.45, 7) is -4.02. The fourth-order valence-corrected chi connectivity index (χ4v) is 1.47. The molecule has 24 heavy (non-hydrogen) atoms. The maximum Gasteiger partial charge on any atom is 0.422 e. The van der Waals surface area contributed by atoms with E-state index < -0.39 is 38.3 Å². The van der Waals surface area contributed by atoms with Crippen molar-refractivity contribution in [1.82, 2.24) is 0 Å². The maximum atomic E-state index is 12.2. The van der Waals surface area contributed by atoms with Crippen LogP contribution in [-0.2, 0) is 0 Å². The van der Waals surface area contributed by atoms with Gasteiger partial charge in [-0.15, -0.1) is 0 Å². The fourth-order valence-electron chi connectivity index (χ4n) is 1.47. The predicted molar refractivity (Wildman–Crippen MR) is 71.1 cm³/mol. The molecule has 0 radical (unpaired) electrons. The van der Waals surface area contributed by atoms with Crippen molar-refractivity contribution in [2.75, 3.05) is 31.7 Å². The minimum Gasteiger partial charge on any atom is -0.484 e. The normalized spacial score (nSPS) is 13.5. The second-order valence-corrected chi connectivity index (χ2v) is 4.72. The minimum absolute atomic E-state index is 0.0550. The summed E-state index contributed by atoms with van der Waals surface area (Å²) in [5.41, 5.74) is 0.0550. The average molecular weight is 363 g/mol. The highest BCUT2D eigenvalue weighted by molar-refractivity contribution is 5.53. The summed E-state index contributed by atoms with van der Waals surface area (Å²) in [6, 6.07) is 3.07. The minimum atomic E-state index is -4.62. The highest BCUT2D eigenvalue weighted by Crippen LogP contribution is 2.29. The van der Waals surface area contributed by atoms with Crippen LogP contribution in [0.5, 0.6) is 11.5 Å². The molecule has 0 aromatic heterocycles. The number of aliphatic hydroxyl groups is 2. The van der Waals surface area contributed by atoms with E-state index in [-0.39, 0.29) is 23.7 Å². The molecule has 1 atom stereocenters. The number of benzene rings is 1. The van der Waals surface area contributed by atoms with Crippen molar-refractivity contribution in [3.05, 3.63) is 18.2 Å². The number of ether oxygens (including phenoxy) is 2. The molecule has 0 spiro atoms. The highest BCUT2D eigenvalue weighted by Gasteiger charge is 2.30. The first-order valence-electron chi connectivity index (χ1n) is 6.55. The monoisotopic (exact) mass is 363 g/mol. The molecule has 11 heteroatoms. The molecule has 0 aliphatic heterocycles. The van der Waals surface area contributed by atoms with Crippen molar-refractivity contribution in [1.29, 1.82) is 0 Å². The van der Waals surface area contributed by atoms with E-state index >= 15 is 0 Å². The molecule has 1 aromatic carbocycles. The molecular formula is C13H15F6NO4. The molecule has 0 aliphatic carbocycles. The smallest absolute Gasteiger partial charge is 0.422 e. The van der Waals surface area contributed by atoms with Gasteiger partial charge in [0.1, 0.15) is 11.5 Å². The lowest BCUT2D eigenvalue weighted by Crippen LogP contribution is -2.23. The molecular weight excluding hydrogens is 348 g/mol. The Morgan fingerprint density at radius 2 is 1.38 bits per heavy atom. The van der Waals surface area contributed by atoms with Crippen molar-refractivity contribution in [3.8, 4) is 11.5 Å². The molecule has 138 valence electrons. The first-order chi connectivity index (χ1) is 11.0. The number of hydrogen-bond acceptors (Lipinski definition) is 5. The van der Waals surface area contributed by atoms with Crippen molar-refractivity contribution >= 4 is 5.69 Å². The number of rotatable bonds is 8. The van der Waals surface area contributed by atoms with Crippen LogP contribution in [0.15, 0.2) is 18.2 Å². The average Bonchev–Trinajstić information content (AvgIpc) is 2.47. The van der Waals surface area contributed by atoms with E-state index in [0.29, 0.717) is 0 Å². The van der Waals surface area contributed by atoms with Crippen LogP contribution in [0.1, 0.15) is 0 Å². The van der Waals surface area contributed by atoms with Crippen LogP contribution in [0, 0.1) is 0 Å². The summed E-state index contributed by atoms with van der Waals surface area (Å²) in [5.74, 6) is -0.735. The Hall–Kier alpha value is -1.88. The van der Waals surface area contributed by atoms with Crippen LogP contribution in [0.4, 0.5) is 32.0 Å². The molecule has 1 aromatic rings. The van der Waals surface area contributed by atoms with Crippen LogP contribution in [-0.4, -0.2) is 55.0 Å². The molecule has 1 rings (SSSR count). The topological polar surface area (TPSA) is 71.0 Å². The van der Waals surface area contributed by atoms with E-state index in [1.54, 1.807) is 0 Å². The molecule has 0 bridgehead atoms. The standard InChI is InChI=1S/C13H15F6NO4/c14-12(15,16)6-23-10-1-8(20-4-9(22)5-21)2-11(3-10)24-7-13(17,18)19/h1-3,9,20-22H,4-7H2. The highest BCUT2D eigenvalue weighted by atomic mass is 19.4. The molecule has 0 amide bonds. The molecule has 0 saturated carbocycles. The Kier molecular flexibility index (Phi) is 6.96. The van der Waals surface area contributed by atoms with Gasteiger partial charge in [0.05, 0.1) is 12.7 Å². The lowest BCUT2D eigenvalue weighted by atomic mass is 10.2. The van der Waals surface area contributed by atoms with Gasteiger partial charge < -0.3 is 25.0 Å². The summed E-state index contributed by atoms with van der Waals surface area (Å²) in [4.78, 5) is 0. The summed E-state index contributed by atoms with van der Waals surface area (Å²) in [6.07, 6.45) is -10.4. The molecule has 0 heterocycles. The second-order valence-electron chi connectivity index (χ2n) is 4.72. The van der Waals surface area contributed by atoms with Gasteiger partial charge in [-0.25, -0.2) is 0 Å². The van der Waals surface area contributed by atoms with Gasteiger partial charge in [0.25, 0.3) is 0 Å². The lowest BCUT2D eigenvalue weighted by molar-refractivity contribution is -0.153. The van der Waals surface area contributed by atoms with Crippen molar-refractivity contribution in [3.63, 3.8) is 0 Å². The van der Waals surface area contributed by atoms with Crippen molar-refractivity contribution in [2.45, 2.75) is 18.5 Å². The summed E-state index contributed by atoms with van der Waals surface area (Å²) in [5, 5.41) is 20.4. The second kappa shape index (κ2) is 8.29. The van der Waals surface area contributed by atoms with Gasteiger partial charge in [0, 0.05) is 30.4 Å². The zero-order valence-electron chi connectivity index (χ0n) is 12.1. The van der Waals surface area contributed by atoms with E-state index in [1.165, 1.54) is 0 Å². The Morgan fingerprint density at radius 1 is 0.917 bits per heavy atom. The van der Waals surface area contributed by atoms with E-state index in [0.717, 1.165) is 18.2 Å². The third-order valence-electron chi connectivity index (χ3n) is 2.44. The predicted octanol–water partition coefficient (Wildman–Crippen LogP) is 2.33. The van der Waals surface area contributed by atoms with Gasteiger partial charge in [-0.3, -0.25) is 0 Å². The molecule has 0 saturated heterocycles. The largest absolute Gasteiger partial charge is 0.484 e. The first kappa shape index (κ1) is 20.2. The van der Waals surface area contributed by atoms with Gasteiger partial charge >= 0.3 is 12.4 Å². The van der Waals surface area contributed by atoms with Gasteiger partial charge in [-0.2, -0.15) is 26.3 Å². The Labute approximate surface area is 132 Å². The quantitative estimate of drug-likeness (QED) is 0.619. The van der Waals surface area contributed by atoms with E-state index in [2.05, 4.69) is 14.8 Å². The van der Waals surface area contributed by atoms with Gasteiger partial charge in [-0.05, 0) is 0 Å². The van der Waals surface area contributed by atoms with Crippen LogP contribution in [0.3, 0.4) is 0 Å². The Bertz CT molecular complexity index is 484. The van der Waals surface area contributed by atoms with Gasteiger partial charge in [0.15, 0.2) is 13.2 Å². The summed E-state index contributed by atoms with van der Waals surface area (Å²) < 4.78 is 81.9. The fraction of sp³-hybridized carbons (Fsp3) is 0.538. The van der Waals surface area contributed by atoms with Crippen molar-refractivity contribution < 1.29 is 46.0 Å². The third kappa shape index (κ3) is 8.67. The van der Waals surface area contributed by atoms with Gasteiger partial charge in [0.2, 0.25) is 0 Å². The lowest BCUT2D eigenvalue weighted by Gasteiger charge is -2.16. The van der Waals surface area contributed by atoms with E-state index in [1.807, 2.05) is 0 Å². The number of nitrogens with one attached hydrogen (secondary N) is 1. The maximum absolute atomic E-state index is 12.2. The van der Waals surface area contributed by atoms with Crippen LogP contribution < -0.4 is 14.8 Å². The van der Waals surface area contributed by atoms with Crippen LogP contribution in [0.25, 0.3) is 0 Å². The molecule has 3 N–H and O–H groups in total. The van der Waals surface area contributed by atoms with E-state index in [4.69, 9.17) is 5.11 Å². The summed E-state index contributed by atoms with van der Waals surface area (Å²) in [7, 11) is 0.